The minimum atomic E-state index is -0.121. The third-order valence-electron chi connectivity index (χ3n) is 5.86. The molecule has 3 aromatic rings. The van der Waals surface area contributed by atoms with Crippen LogP contribution in [0.4, 0.5) is 0 Å². The zero-order chi connectivity index (χ0) is 22.0. The maximum Gasteiger partial charge on any atom is 0.254 e. The number of carbonyl (C=O) groups is 2. The summed E-state index contributed by atoms with van der Waals surface area (Å²) in [7, 11) is 0. The van der Waals surface area contributed by atoms with Gasteiger partial charge in [-0.3, -0.25) is 9.59 Å². The molecule has 31 heavy (non-hydrogen) atoms. The van der Waals surface area contributed by atoms with Crippen molar-refractivity contribution in [2.45, 2.75) is 26.3 Å². The Morgan fingerprint density at radius 2 is 1.84 bits per heavy atom. The highest BCUT2D eigenvalue weighted by Gasteiger charge is 2.34. The summed E-state index contributed by atoms with van der Waals surface area (Å²) in [5, 5.41) is 2.11. The average Bonchev–Trinajstić information content (AvgIpc) is 3.26. The van der Waals surface area contributed by atoms with Crippen LogP contribution in [0.25, 0.3) is 0 Å². The number of fused-ring (bicyclic) bond motifs is 1. The second kappa shape index (κ2) is 9.37. The molecule has 0 unspecified atom stereocenters. The lowest BCUT2D eigenvalue weighted by atomic mass is 9.90. The molecule has 0 saturated carbocycles. The molecule has 1 atom stereocenters. The minimum absolute atomic E-state index is 0.0163. The van der Waals surface area contributed by atoms with E-state index in [0.29, 0.717) is 18.7 Å². The number of hydrogen-bond donors (Lipinski definition) is 0. The smallest absolute Gasteiger partial charge is 0.254 e. The van der Waals surface area contributed by atoms with E-state index in [1.165, 1.54) is 16.0 Å². The van der Waals surface area contributed by atoms with E-state index in [-0.39, 0.29) is 24.4 Å². The third-order valence-corrected chi connectivity index (χ3v) is 7.38. The number of halogens is 1. The fourth-order valence-electron chi connectivity index (χ4n) is 4.17. The van der Waals surface area contributed by atoms with Gasteiger partial charge in [-0.15, -0.1) is 11.3 Å². The van der Waals surface area contributed by atoms with Crippen molar-refractivity contribution < 1.29 is 9.59 Å². The molecular weight excluding hydrogens is 472 g/mol. The first kappa shape index (κ1) is 21.8. The van der Waals surface area contributed by atoms with Gasteiger partial charge in [-0.2, -0.15) is 0 Å². The SMILES string of the molecule is CCN(CC(=O)N1CCc2sccc2[C@@H]1c1ccccc1C)C(=O)c1ccc(Br)cc1. The highest BCUT2D eigenvalue weighted by Crippen LogP contribution is 2.39. The zero-order valence-corrected chi connectivity index (χ0v) is 20.1. The molecule has 6 heteroatoms. The molecule has 0 saturated heterocycles. The summed E-state index contributed by atoms with van der Waals surface area (Å²) in [6.07, 6.45) is 0.855. The first-order valence-electron chi connectivity index (χ1n) is 10.5. The molecule has 2 heterocycles. The molecular formula is C25H25BrN2O2S. The molecule has 0 spiro atoms. The van der Waals surface area contributed by atoms with E-state index in [1.807, 2.05) is 36.1 Å². The van der Waals surface area contributed by atoms with E-state index >= 15 is 0 Å². The van der Waals surface area contributed by atoms with Crippen LogP contribution < -0.4 is 0 Å². The first-order valence-corrected chi connectivity index (χ1v) is 12.1. The first-order chi connectivity index (χ1) is 15.0. The molecule has 0 N–H and O–H groups in total. The van der Waals surface area contributed by atoms with Crippen molar-refractivity contribution in [3.63, 3.8) is 0 Å². The Morgan fingerprint density at radius 3 is 2.55 bits per heavy atom. The summed E-state index contributed by atoms with van der Waals surface area (Å²) < 4.78 is 0.920. The average molecular weight is 497 g/mol. The van der Waals surface area contributed by atoms with E-state index in [2.05, 4.69) is 46.4 Å². The Balaban J connectivity index is 1.61. The standard InChI is InChI=1S/C25H25BrN2O2S/c1-3-27(25(30)18-8-10-19(26)11-9-18)16-23(29)28-14-12-22-21(13-15-31-22)24(28)20-7-5-4-6-17(20)2/h4-11,13,15,24H,3,12,14,16H2,1-2H3/t24-/m0/s1. The van der Waals surface area contributed by atoms with E-state index in [9.17, 15) is 9.59 Å². The van der Waals surface area contributed by atoms with E-state index in [1.54, 1.807) is 28.4 Å². The van der Waals surface area contributed by atoms with Crippen LogP contribution in [0.5, 0.6) is 0 Å². The maximum atomic E-state index is 13.5. The van der Waals surface area contributed by atoms with Crippen LogP contribution in [0.15, 0.2) is 64.5 Å². The van der Waals surface area contributed by atoms with Crippen LogP contribution >= 0.6 is 27.3 Å². The summed E-state index contributed by atoms with van der Waals surface area (Å²) in [5.41, 5.74) is 4.12. The van der Waals surface area contributed by atoms with Crippen LogP contribution in [0.3, 0.4) is 0 Å². The van der Waals surface area contributed by atoms with Gasteiger partial charge in [0, 0.05) is 28.0 Å². The summed E-state index contributed by atoms with van der Waals surface area (Å²) in [6, 6.07) is 17.6. The second-order valence-electron chi connectivity index (χ2n) is 7.72. The van der Waals surface area contributed by atoms with Gasteiger partial charge in [-0.1, -0.05) is 40.2 Å². The van der Waals surface area contributed by atoms with Crippen molar-refractivity contribution in [1.29, 1.82) is 0 Å². The predicted octanol–water partition coefficient (Wildman–Crippen LogP) is 5.46. The highest BCUT2D eigenvalue weighted by molar-refractivity contribution is 9.10. The molecule has 2 amide bonds. The largest absolute Gasteiger partial charge is 0.330 e. The number of aryl methyl sites for hydroxylation is 1. The molecule has 4 nitrogen and oxygen atoms in total. The summed E-state index contributed by atoms with van der Waals surface area (Å²) in [4.78, 5) is 31.4. The molecule has 0 radical (unpaired) electrons. The lowest BCUT2D eigenvalue weighted by Gasteiger charge is -2.38. The van der Waals surface area contributed by atoms with E-state index in [4.69, 9.17) is 0 Å². The fraction of sp³-hybridized carbons (Fsp3) is 0.280. The lowest BCUT2D eigenvalue weighted by Crippen LogP contribution is -2.46. The quantitative estimate of drug-likeness (QED) is 0.470. The second-order valence-corrected chi connectivity index (χ2v) is 9.64. The lowest BCUT2D eigenvalue weighted by molar-refractivity contribution is -0.134. The molecule has 1 aliphatic rings. The Labute approximate surface area is 195 Å². The Bertz CT molecular complexity index is 1090. The van der Waals surface area contributed by atoms with Crippen LogP contribution in [0, 0.1) is 6.92 Å². The van der Waals surface area contributed by atoms with Crippen molar-refractivity contribution in [1.82, 2.24) is 9.80 Å². The number of benzene rings is 2. The third kappa shape index (κ3) is 4.46. The number of hydrogen-bond acceptors (Lipinski definition) is 3. The zero-order valence-electron chi connectivity index (χ0n) is 17.7. The Kier molecular flexibility index (Phi) is 6.58. The topological polar surface area (TPSA) is 40.6 Å². The molecule has 2 aromatic carbocycles. The summed E-state index contributed by atoms with van der Waals surface area (Å²) in [6.45, 7) is 5.22. The normalized spacial score (nSPS) is 15.5. The molecule has 4 rings (SSSR count). The molecule has 1 aromatic heterocycles. The van der Waals surface area contributed by atoms with Gasteiger partial charge in [-0.05, 0) is 72.7 Å². The molecule has 0 fully saturated rings. The summed E-state index contributed by atoms with van der Waals surface area (Å²) >= 11 is 5.16. The van der Waals surface area contributed by atoms with Gasteiger partial charge in [0.2, 0.25) is 5.91 Å². The fourth-order valence-corrected chi connectivity index (χ4v) is 5.34. The molecule has 160 valence electrons. The Morgan fingerprint density at radius 1 is 1.10 bits per heavy atom. The monoisotopic (exact) mass is 496 g/mol. The van der Waals surface area contributed by atoms with Crippen LogP contribution in [0.2, 0.25) is 0 Å². The van der Waals surface area contributed by atoms with Gasteiger partial charge in [-0.25, -0.2) is 0 Å². The molecule has 0 bridgehead atoms. The van der Waals surface area contributed by atoms with Gasteiger partial charge >= 0.3 is 0 Å². The number of nitrogens with zero attached hydrogens (tertiary/aromatic N) is 2. The van der Waals surface area contributed by atoms with Crippen LogP contribution in [-0.4, -0.2) is 41.2 Å². The predicted molar refractivity (Wildman–Crippen MR) is 128 cm³/mol. The molecule has 0 aliphatic carbocycles. The summed E-state index contributed by atoms with van der Waals surface area (Å²) in [5.74, 6) is -0.138. The van der Waals surface area contributed by atoms with Crippen molar-refractivity contribution >= 4 is 39.1 Å². The van der Waals surface area contributed by atoms with Gasteiger partial charge in [0.25, 0.3) is 5.91 Å². The van der Waals surface area contributed by atoms with Gasteiger partial charge in [0.1, 0.15) is 6.54 Å². The van der Waals surface area contributed by atoms with Crippen molar-refractivity contribution in [2.75, 3.05) is 19.6 Å². The maximum absolute atomic E-state index is 13.5. The van der Waals surface area contributed by atoms with E-state index in [0.717, 1.165) is 16.5 Å². The number of carbonyl (C=O) groups excluding carboxylic acids is 2. The number of rotatable bonds is 5. The highest BCUT2D eigenvalue weighted by atomic mass is 79.9. The van der Waals surface area contributed by atoms with Crippen molar-refractivity contribution in [3.05, 3.63) is 91.6 Å². The Hall–Kier alpha value is -2.44. The number of likely N-dealkylation sites (N-methyl/N-ethyl adjacent to an activating group) is 1. The molecule has 1 aliphatic heterocycles. The van der Waals surface area contributed by atoms with Crippen LogP contribution in [-0.2, 0) is 11.2 Å². The van der Waals surface area contributed by atoms with Crippen LogP contribution in [0.1, 0.15) is 44.9 Å². The minimum Gasteiger partial charge on any atom is -0.330 e. The van der Waals surface area contributed by atoms with E-state index < -0.39 is 0 Å². The van der Waals surface area contributed by atoms with Gasteiger partial charge in [0.05, 0.1) is 6.04 Å². The van der Waals surface area contributed by atoms with Crippen molar-refractivity contribution in [3.8, 4) is 0 Å². The number of amides is 2. The van der Waals surface area contributed by atoms with Crippen molar-refractivity contribution in [2.24, 2.45) is 0 Å². The van der Waals surface area contributed by atoms with Gasteiger partial charge in [0.15, 0.2) is 0 Å². The van der Waals surface area contributed by atoms with Gasteiger partial charge < -0.3 is 9.80 Å². The number of thiophene rings is 1.